The Morgan fingerprint density at radius 1 is 1.40 bits per heavy atom. The van der Waals surface area contributed by atoms with Gasteiger partial charge in [-0.05, 0) is 25.5 Å². The molecule has 0 saturated heterocycles. The van der Waals surface area contributed by atoms with Crippen LogP contribution in [0.25, 0.3) is 6.08 Å². The molecule has 1 aliphatic rings. The average molecular weight is 272 g/mol. The highest BCUT2D eigenvalue weighted by molar-refractivity contribution is 6.26. The summed E-state index contributed by atoms with van der Waals surface area (Å²) in [5.41, 5.74) is 2.99. The lowest BCUT2D eigenvalue weighted by Crippen LogP contribution is -2.22. The molecule has 0 bridgehead atoms. The molecule has 1 amide bonds. The molecule has 0 aliphatic carbocycles. The van der Waals surface area contributed by atoms with Crippen molar-refractivity contribution in [3.8, 4) is 11.9 Å². The summed E-state index contributed by atoms with van der Waals surface area (Å²) in [4.78, 5) is 23.4. The number of hydrogen-bond acceptors (Lipinski definition) is 5. The summed E-state index contributed by atoms with van der Waals surface area (Å²) in [6.45, 7) is 3.19. The van der Waals surface area contributed by atoms with Crippen LogP contribution in [0.15, 0.2) is 15.5 Å². The van der Waals surface area contributed by atoms with Crippen molar-refractivity contribution in [2.45, 2.75) is 13.8 Å². The molecule has 1 aromatic rings. The maximum Gasteiger partial charge on any atom is 0.273 e. The molecule has 0 saturated carbocycles. The van der Waals surface area contributed by atoms with Gasteiger partial charge in [0, 0.05) is 12.6 Å². The van der Waals surface area contributed by atoms with Crippen LogP contribution in [0.1, 0.15) is 23.6 Å². The number of pyridine rings is 1. The molecule has 0 atom stereocenters. The van der Waals surface area contributed by atoms with Gasteiger partial charge >= 0.3 is 0 Å². The summed E-state index contributed by atoms with van der Waals surface area (Å²) in [5, 5.41) is 22.9. The number of hydrazone groups is 1. The largest absolute Gasteiger partial charge is 0.494 e. The summed E-state index contributed by atoms with van der Waals surface area (Å²) < 4.78 is 0.970. The predicted octanol–water partition coefficient (Wildman–Crippen LogP) is 0.160. The fourth-order valence-corrected chi connectivity index (χ4v) is 1.95. The van der Waals surface area contributed by atoms with Crippen LogP contribution in [0, 0.1) is 18.3 Å². The smallest absolute Gasteiger partial charge is 0.273 e. The van der Waals surface area contributed by atoms with Crippen molar-refractivity contribution in [3.05, 3.63) is 32.6 Å². The monoisotopic (exact) mass is 272 g/mol. The zero-order valence-corrected chi connectivity index (χ0v) is 11.2. The second-order valence-corrected chi connectivity index (χ2v) is 4.41. The number of amides is 1. The lowest BCUT2D eigenvalue weighted by atomic mass is 10.0. The fraction of sp³-hybridized carbons (Fsp3) is 0.231. The Balaban J connectivity index is 2.77. The number of nitriles is 1. The van der Waals surface area contributed by atoms with E-state index in [-0.39, 0.29) is 22.6 Å². The van der Waals surface area contributed by atoms with Gasteiger partial charge in [0.1, 0.15) is 11.6 Å². The first-order chi connectivity index (χ1) is 9.38. The van der Waals surface area contributed by atoms with Crippen LogP contribution < -0.4 is 11.0 Å². The third-order valence-electron chi connectivity index (χ3n) is 3.22. The molecule has 0 spiro atoms. The van der Waals surface area contributed by atoms with E-state index in [1.165, 1.54) is 13.1 Å². The lowest BCUT2D eigenvalue weighted by molar-refractivity contribution is -0.116. The van der Waals surface area contributed by atoms with Gasteiger partial charge in [-0.3, -0.25) is 14.2 Å². The number of carbonyl (C=O) groups excluding carboxylic acids is 1. The van der Waals surface area contributed by atoms with E-state index in [1.807, 2.05) is 6.07 Å². The molecule has 1 aliphatic heterocycles. The normalized spacial score (nSPS) is 16.0. The fourth-order valence-electron chi connectivity index (χ4n) is 1.95. The van der Waals surface area contributed by atoms with Gasteiger partial charge in [-0.15, -0.1) is 0 Å². The summed E-state index contributed by atoms with van der Waals surface area (Å²) in [6.07, 6.45) is 1.42. The van der Waals surface area contributed by atoms with Crippen LogP contribution in [-0.2, 0) is 11.8 Å². The number of carbonyl (C=O) groups is 1. The number of aromatic nitrogens is 1. The van der Waals surface area contributed by atoms with Crippen LogP contribution in [0.3, 0.4) is 0 Å². The molecule has 2 N–H and O–H groups in total. The summed E-state index contributed by atoms with van der Waals surface area (Å²) in [5.74, 6) is -0.694. The predicted molar refractivity (Wildman–Crippen MR) is 72.0 cm³/mol. The van der Waals surface area contributed by atoms with Crippen molar-refractivity contribution in [1.82, 2.24) is 9.99 Å². The maximum atomic E-state index is 11.8. The Kier molecular flexibility index (Phi) is 3.16. The van der Waals surface area contributed by atoms with Crippen molar-refractivity contribution < 1.29 is 9.90 Å². The minimum absolute atomic E-state index is 0.0647. The van der Waals surface area contributed by atoms with E-state index < -0.39 is 11.5 Å². The second kappa shape index (κ2) is 4.66. The van der Waals surface area contributed by atoms with Crippen molar-refractivity contribution in [2.75, 3.05) is 0 Å². The zero-order valence-electron chi connectivity index (χ0n) is 11.2. The van der Waals surface area contributed by atoms with Gasteiger partial charge in [0.2, 0.25) is 5.88 Å². The van der Waals surface area contributed by atoms with Crippen LogP contribution in [-0.4, -0.2) is 21.3 Å². The van der Waals surface area contributed by atoms with E-state index in [2.05, 4.69) is 10.5 Å². The molecule has 7 nitrogen and oxygen atoms in total. The molecule has 0 aromatic carbocycles. The molecular formula is C13H12N4O3. The number of rotatable bonds is 1. The Hall–Kier alpha value is -2.88. The van der Waals surface area contributed by atoms with Gasteiger partial charge in [0.15, 0.2) is 0 Å². The summed E-state index contributed by atoms with van der Waals surface area (Å²) in [7, 11) is 1.36. The number of hydrogen-bond donors (Lipinski definition) is 2. The van der Waals surface area contributed by atoms with Gasteiger partial charge in [-0.1, -0.05) is 0 Å². The summed E-state index contributed by atoms with van der Waals surface area (Å²) in [6, 6.07) is 1.81. The van der Waals surface area contributed by atoms with Crippen LogP contribution in [0.4, 0.5) is 0 Å². The van der Waals surface area contributed by atoms with Crippen molar-refractivity contribution in [2.24, 2.45) is 12.1 Å². The molecular weight excluding hydrogens is 260 g/mol. The highest BCUT2D eigenvalue weighted by atomic mass is 16.3. The lowest BCUT2D eigenvalue weighted by Gasteiger charge is -2.10. The van der Waals surface area contributed by atoms with Crippen LogP contribution in [0.5, 0.6) is 5.88 Å². The van der Waals surface area contributed by atoms with E-state index in [4.69, 9.17) is 5.26 Å². The molecule has 0 unspecified atom stereocenters. The van der Waals surface area contributed by atoms with Gasteiger partial charge < -0.3 is 5.11 Å². The van der Waals surface area contributed by atoms with Crippen molar-refractivity contribution >= 4 is 17.7 Å². The summed E-state index contributed by atoms with van der Waals surface area (Å²) >= 11 is 0. The SMILES string of the molecule is CC1=NNC(=O)/C1=C/c1c(C)c(C#N)c(=O)n(C)c1O. The first kappa shape index (κ1) is 13.5. The van der Waals surface area contributed by atoms with Gasteiger partial charge in [-0.25, -0.2) is 5.43 Å². The molecule has 1 aromatic heterocycles. The van der Waals surface area contributed by atoms with Gasteiger partial charge in [0.25, 0.3) is 11.5 Å². The van der Waals surface area contributed by atoms with Gasteiger partial charge in [0.05, 0.1) is 11.3 Å². The molecule has 7 heteroatoms. The number of aromatic hydroxyl groups is 1. The third-order valence-corrected chi connectivity index (χ3v) is 3.22. The highest BCUT2D eigenvalue weighted by Crippen LogP contribution is 2.24. The minimum Gasteiger partial charge on any atom is -0.494 e. The molecule has 0 fully saturated rings. The van der Waals surface area contributed by atoms with Crippen LogP contribution in [0.2, 0.25) is 0 Å². The highest BCUT2D eigenvalue weighted by Gasteiger charge is 2.22. The first-order valence-corrected chi connectivity index (χ1v) is 5.77. The molecule has 2 heterocycles. The van der Waals surface area contributed by atoms with E-state index in [0.717, 1.165) is 4.57 Å². The molecule has 102 valence electrons. The van der Waals surface area contributed by atoms with E-state index in [9.17, 15) is 14.7 Å². The first-order valence-electron chi connectivity index (χ1n) is 5.77. The molecule has 20 heavy (non-hydrogen) atoms. The van der Waals surface area contributed by atoms with Crippen molar-refractivity contribution in [1.29, 1.82) is 5.26 Å². The quantitative estimate of drug-likeness (QED) is 0.710. The Morgan fingerprint density at radius 3 is 2.55 bits per heavy atom. The van der Waals surface area contributed by atoms with E-state index in [1.54, 1.807) is 13.8 Å². The Bertz CT molecular complexity index is 778. The van der Waals surface area contributed by atoms with Crippen molar-refractivity contribution in [3.63, 3.8) is 0 Å². The Labute approximate surface area is 114 Å². The average Bonchev–Trinajstić information content (AvgIpc) is 2.73. The second-order valence-electron chi connectivity index (χ2n) is 4.41. The number of nitrogens with zero attached hydrogens (tertiary/aromatic N) is 3. The topological polar surface area (TPSA) is 107 Å². The molecule has 0 radical (unpaired) electrons. The molecule has 2 rings (SSSR count). The van der Waals surface area contributed by atoms with Gasteiger partial charge in [-0.2, -0.15) is 10.4 Å². The van der Waals surface area contributed by atoms with E-state index in [0.29, 0.717) is 11.3 Å². The minimum atomic E-state index is -0.578. The van der Waals surface area contributed by atoms with E-state index >= 15 is 0 Å². The number of nitrogens with one attached hydrogen (secondary N) is 1. The van der Waals surface area contributed by atoms with Crippen LogP contribution >= 0.6 is 0 Å². The zero-order chi connectivity index (χ0) is 15.0. The maximum absolute atomic E-state index is 11.8. The standard InChI is InChI=1S/C13H12N4O3/c1-6-8(4-9-7(2)15-16-11(9)18)12(19)17(3)13(20)10(6)5-14/h4,19H,1-3H3,(H,16,18)/b9-4+. The third kappa shape index (κ3) is 1.87. The Morgan fingerprint density at radius 2 is 2.05 bits per heavy atom.